The van der Waals surface area contributed by atoms with Crippen LogP contribution < -0.4 is 0 Å². The zero-order valence-corrected chi connectivity index (χ0v) is 9.01. The molecule has 0 atom stereocenters. The smallest absolute Gasteiger partial charge is 0.339 e. The van der Waals surface area contributed by atoms with Crippen LogP contribution in [0.5, 0.6) is 0 Å². The molecule has 0 fully saturated rings. The first-order valence-electron chi connectivity index (χ1n) is 5.03. The molecular formula is C12H13NO3. The first-order chi connectivity index (χ1) is 7.65. The summed E-state index contributed by atoms with van der Waals surface area (Å²) in [6, 6.07) is 3.31. The highest BCUT2D eigenvalue weighted by atomic mass is 16.4. The van der Waals surface area contributed by atoms with Gasteiger partial charge in [0.2, 0.25) is 0 Å². The topological polar surface area (TPSA) is 67.3 Å². The van der Waals surface area contributed by atoms with E-state index in [-0.39, 0.29) is 17.8 Å². The minimum absolute atomic E-state index is 0.173. The van der Waals surface area contributed by atoms with Gasteiger partial charge in [-0.1, -0.05) is 6.92 Å². The maximum absolute atomic E-state index is 11.5. The zero-order valence-electron chi connectivity index (χ0n) is 9.01. The minimum atomic E-state index is -1.18. The number of aliphatic carboxylic acids is 1. The quantitative estimate of drug-likeness (QED) is 0.466. The van der Waals surface area contributed by atoms with E-state index in [2.05, 4.69) is 4.98 Å². The van der Waals surface area contributed by atoms with E-state index in [0.717, 1.165) is 0 Å². The van der Waals surface area contributed by atoms with E-state index in [0.29, 0.717) is 12.0 Å². The summed E-state index contributed by atoms with van der Waals surface area (Å²) in [6.45, 7) is 1.84. The van der Waals surface area contributed by atoms with Crippen molar-refractivity contribution in [2.75, 3.05) is 0 Å². The van der Waals surface area contributed by atoms with Crippen LogP contribution in [-0.4, -0.2) is 21.8 Å². The molecule has 0 amide bonds. The lowest BCUT2D eigenvalue weighted by Crippen LogP contribution is -2.11. The van der Waals surface area contributed by atoms with Crippen molar-refractivity contribution in [3.8, 4) is 0 Å². The Kier molecular flexibility index (Phi) is 4.39. The summed E-state index contributed by atoms with van der Waals surface area (Å²) in [5.74, 6) is -1.53. The van der Waals surface area contributed by atoms with Gasteiger partial charge in [0.15, 0.2) is 5.78 Å². The van der Waals surface area contributed by atoms with Gasteiger partial charge in [0, 0.05) is 18.8 Å². The number of Topliss-reactive ketones (excluding diaryl/α,β-unsaturated/α-hetero) is 1. The van der Waals surface area contributed by atoms with Crippen molar-refractivity contribution in [2.45, 2.75) is 19.8 Å². The average molecular weight is 219 g/mol. The van der Waals surface area contributed by atoms with Gasteiger partial charge in [0.25, 0.3) is 0 Å². The number of nitrogens with zero attached hydrogens (tertiary/aromatic N) is 1. The van der Waals surface area contributed by atoms with Crippen LogP contribution in [0.15, 0.2) is 30.1 Å². The number of carboxylic acids is 1. The van der Waals surface area contributed by atoms with Gasteiger partial charge in [-0.3, -0.25) is 9.78 Å². The molecule has 0 aromatic carbocycles. The van der Waals surface area contributed by atoms with E-state index in [9.17, 15) is 9.59 Å². The highest BCUT2D eigenvalue weighted by Gasteiger charge is 2.15. The molecule has 0 radical (unpaired) electrons. The molecule has 16 heavy (non-hydrogen) atoms. The van der Waals surface area contributed by atoms with Gasteiger partial charge in [-0.2, -0.15) is 0 Å². The number of carbonyl (C=O) groups excluding carboxylic acids is 1. The summed E-state index contributed by atoms with van der Waals surface area (Å²) in [6.07, 6.45) is 5.37. The number of carboxylic acid groups (broad SMARTS) is 1. The molecule has 0 bridgehead atoms. The van der Waals surface area contributed by atoms with E-state index < -0.39 is 5.97 Å². The Bertz CT molecular complexity index is 410. The van der Waals surface area contributed by atoms with Crippen LogP contribution in [-0.2, 0) is 9.59 Å². The van der Waals surface area contributed by atoms with Crippen LogP contribution in [0.2, 0.25) is 0 Å². The third-order valence-electron chi connectivity index (χ3n) is 2.02. The average Bonchev–Trinajstić information content (AvgIpc) is 2.27. The van der Waals surface area contributed by atoms with E-state index in [1.807, 2.05) is 6.92 Å². The van der Waals surface area contributed by atoms with Crippen molar-refractivity contribution >= 4 is 17.8 Å². The van der Waals surface area contributed by atoms with Crippen LogP contribution >= 0.6 is 0 Å². The highest BCUT2D eigenvalue weighted by molar-refractivity contribution is 6.19. The monoisotopic (exact) mass is 219 g/mol. The largest absolute Gasteiger partial charge is 0.478 e. The first kappa shape index (κ1) is 12.1. The lowest BCUT2D eigenvalue weighted by atomic mass is 10.0. The molecular weight excluding hydrogens is 206 g/mol. The lowest BCUT2D eigenvalue weighted by molar-refractivity contribution is -0.134. The Balaban J connectivity index is 2.99. The third kappa shape index (κ3) is 3.31. The number of aromatic nitrogens is 1. The Hall–Kier alpha value is -1.97. The van der Waals surface area contributed by atoms with Crippen molar-refractivity contribution < 1.29 is 14.7 Å². The number of rotatable bonds is 5. The van der Waals surface area contributed by atoms with Crippen molar-refractivity contribution in [3.63, 3.8) is 0 Å². The molecule has 1 N–H and O–H groups in total. The van der Waals surface area contributed by atoms with Crippen molar-refractivity contribution in [1.82, 2.24) is 4.98 Å². The molecule has 1 aromatic heterocycles. The Morgan fingerprint density at radius 3 is 2.50 bits per heavy atom. The molecule has 4 nitrogen and oxygen atoms in total. The van der Waals surface area contributed by atoms with Gasteiger partial charge in [0.1, 0.15) is 5.57 Å². The molecule has 0 saturated carbocycles. The summed E-state index contributed by atoms with van der Waals surface area (Å²) in [4.78, 5) is 26.3. The fourth-order valence-corrected chi connectivity index (χ4v) is 1.25. The van der Waals surface area contributed by atoms with Crippen molar-refractivity contribution in [3.05, 3.63) is 35.7 Å². The van der Waals surface area contributed by atoms with E-state index in [4.69, 9.17) is 5.11 Å². The van der Waals surface area contributed by atoms with Crippen molar-refractivity contribution in [2.24, 2.45) is 0 Å². The third-order valence-corrected chi connectivity index (χ3v) is 2.02. The molecule has 0 aliphatic carbocycles. The number of pyridine rings is 1. The number of ketones is 1. The Morgan fingerprint density at radius 2 is 2.00 bits per heavy atom. The second-order valence-corrected chi connectivity index (χ2v) is 3.32. The molecule has 4 heteroatoms. The molecule has 0 aliphatic rings. The fourth-order valence-electron chi connectivity index (χ4n) is 1.25. The first-order valence-corrected chi connectivity index (χ1v) is 5.03. The summed E-state index contributed by atoms with van der Waals surface area (Å²) in [5, 5.41) is 8.93. The van der Waals surface area contributed by atoms with Crippen LogP contribution in [0.25, 0.3) is 6.08 Å². The summed E-state index contributed by atoms with van der Waals surface area (Å²) in [7, 11) is 0. The van der Waals surface area contributed by atoms with Gasteiger partial charge in [0.05, 0.1) is 0 Å². The predicted octanol–water partition coefficient (Wildman–Crippen LogP) is 1.92. The minimum Gasteiger partial charge on any atom is -0.478 e. The zero-order chi connectivity index (χ0) is 12.0. The number of hydrogen-bond donors (Lipinski definition) is 1. The van der Waals surface area contributed by atoms with Crippen LogP contribution in [0, 0.1) is 0 Å². The Labute approximate surface area is 93.6 Å². The summed E-state index contributed by atoms with van der Waals surface area (Å²) < 4.78 is 0. The molecule has 0 aliphatic heterocycles. The standard InChI is InChI=1S/C12H13NO3/c1-2-3-11(14)10(12(15)16)8-9-4-6-13-7-5-9/h4-8H,2-3H2,1H3,(H,15,16)/b10-8-. The summed E-state index contributed by atoms with van der Waals surface area (Å²) >= 11 is 0. The highest BCUT2D eigenvalue weighted by Crippen LogP contribution is 2.09. The normalized spacial score (nSPS) is 11.2. The molecule has 1 rings (SSSR count). The van der Waals surface area contributed by atoms with Crippen LogP contribution in [0.3, 0.4) is 0 Å². The second-order valence-electron chi connectivity index (χ2n) is 3.32. The maximum atomic E-state index is 11.5. The molecule has 84 valence electrons. The fraction of sp³-hybridized carbons (Fsp3) is 0.250. The summed E-state index contributed by atoms with van der Waals surface area (Å²) in [5.41, 5.74) is 0.491. The molecule has 1 aromatic rings. The van der Waals surface area contributed by atoms with Gasteiger partial charge >= 0.3 is 5.97 Å². The predicted molar refractivity (Wildman–Crippen MR) is 59.8 cm³/mol. The number of carbonyl (C=O) groups is 2. The second kappa shape index (κ2) is 5.80. The number of hydrogen-bond acceptors (Lipinski definition) is 3. The van der Waals surface area contributed by atoms with Crippen LogP contribution in [0.4, 0.5) is 0 Å². The van der Waals surface area contributed by atoms with Crippen LogP contribution in [0.1, 0.15) is 25.3 Å². The van der Waals surface area contributed by atoms with Gasteiger partial charge in [-0.25, -0.2) is 4.79 Å². The van der Waals surface area contributed by atoms with E-state index in [1.165, 1.54) is 6.08 Å². The molecule has 0 unspecified atom stereocenters. The van der Waals surface area contributed by atoms with Crippen molar-refractivity contribution in [1.29, 1.82) is 0 Å². The van der Waals surface area contributed by atoms with E-state index in [1.54, 1.807) is 24.5 Å². The van der Waals surface area contributed by atoms with Gasteiger partial charge < -0.3 is 5.11 Å². The Morgan fingerprint density at radius 1 is 1.38 bits per heavy atom. The van der Waals surface area contributed by atoms with Gasteiger partial charge in [-0.05, 0) is 30.2 Å². The van der Waals surface area contributed by atoms with E-state index >= 15 is 0 Å². The maximum Gasteiger partial charge on any atom is 0.339 e. The molecule has 1 heterocycles. The molecule has 0 spiro atoms. The SMILES string of the molecule is CCCC(=O)/C(=C/c1ccncc1)C(=O)O. The van der Waals surface area contributed by atoms with Gasteiger partial charge in [-0.15, -0.1) is 0 Å². The molecule has 0 saturated heterocycles. The lowest BCUT2D eigenvalue weighted by Gasteiger charge is -2.00.